The van der Waals surface area contributed by atoms with Crippen molar-refractivity contribution >= 4 is 17.3 Å². The zero-order valence-electron chi connectivity index (χ0n) is 14.8. The van der Waals surface area contributed by atoms with Gasteiger partial charge in [0.15, 0.2) is 0 Å². The first kappa shape index (κ1) is 18.1. The van der Waals surface area contributed by atoms with E-state index >= 15 is 0 Å². The Kier molecular flexibility index (Phi) is 5.17. The summed E-state index contributed by atoms with van der Waals surface area (Å²) in [5.74, 6) is -0.450. The lowest BCUT2D eigenvalue weighted by atomic mass is 9.99. The zero-order chi connectivity index (χ0) is 19.4. The highest BCUT2D eigenvalue weighted by atomic mass is 16.6. The maximum atomic E-state index is 12.7. The number of aryl methyl sites for hydroxylation is 1. The van der Waals surface area contributed by atoms with Crippen molar-refractivity contribution in [2.75, 3.05) is 5.73 Å². The first-order chi connectivity index (χ1) is 13.0. The van der Waals surface area contributed by atoms with Gasteiger partial charge in [-0.2, -0.15) is 0 Å². The Hall–Kier alpha value is -3.67. The maximum Gasteiger partial charge on any atom is 0.293 e. The van der Waals surface area contributed by atoms with Crippen LogP contribution in [0, 0.1) is 17.0 Å². The van der Waals surface area contributed by atoms with Gasteiger partial charge in [-0.15, -0.1) is 0 Å². The predicted octanol–water partition coefficient (Wildman–Crippen LogP) is 4.08. The molecule has 6 nitrogen and oxygen atoms in total. The van der Waals surface area contributed by atoms with Crippen LogP contribution in [0.4, 0.5) is 11.4 Å². The molecule has 6 heteroatoms. The van der Waals surface area contributed by atoms with Crippen LogP contribution in [-0.2, 0) is 6.54 Å². The fraction of sp³-hybridized carbons (Fsp3) is 0.0952. The third-order valence-corrected chi connectivity index (χ3v) is 4.25. The van der Waals surface area contributed by atoms with Crippen LogP contribution in [0.15, 0.2) is 66.7 Å². The van der Waals surface area contributed by atoms with Crippen LogP contribution >= 0.6 is 0 Å². The SMILES string of the molecule is Cc1cccc(-c2cc(C(=O)NCc3ccccc3)c(N)c([N+](=O)[O-])c2)c1. The van der Waals surface area contributed by atoms with Gasteiger partial charge in [0, 0.05) is 12.6 Å². The van der Waals surface area contributed by atoms with Gasteiger partial charge in [0.25, 0.3) is 11.6 Å². The smallest absolute Gasteiger partial charge is 0.293 e. The first-order valence-electron chi connectivity index (χ1n) is 8.43. The van der Waals surface area contributed by atoms with E-state index in [1.54, 1.807) is 6.07 Å². The minimum absolute atomic E-state index is 0.0941. The minimum atomic E-state index is -0.567. The fourth-order valence-corrected chi connectivity index (χ4v) is 2.84. The van der Waals surface area contributed by atoms with Crippen molar-refractivity contribution < 1.29 is 9.72 Å². The molecule has 0 aliphatic rings. The van der Waals surface area contributed by atoms with Crippen molar-refractivity contribution in [1.82, 2.24) is 5.32 Å². The summed E-state index contributed by atoms with van der Waals surface area (Å²) in [7, 11) is 0. The van der Waals surface area contributed by atoms with Crippen LogP contribution in [0.2, 0.25) is 0 Å². The van der Waals surface area contributed by atoms with E-state index in [0.29, 0.717) is 12.1 Å². The largest absolute Gasteiger partial charge is 0.393 e. The van der Waals surface area contributed by atoms with Crippen LogP contribution in [0.25, 0.3) is 11.1 Å². The quantitative estimate of drug-likeness (QED) is 0.406. The summed E-state index contributed by atoms with van der Waals surface area (Å²) in [4.78, 5) is 23.5. The molecular weight excluding hydrogens is 342 g/mol. The molecule has 0 unspecified atom stereocenters. The molecule has 3 N–H and O–H groups in total. The summed E-state index contributed by atoms with van der Waals surface area (Å²) in [6.45, 7) is 2.24. The molecule has 0 spiro atoms. The molecule has 0 saturated heterocycles. The number of amides is 1. The van der Waals surface area contributed by atoms with Crippen molar-refractivity contribution in [3.05, 3.63) is 93.5 Å². The number of rotatable bonds is 5. The van der Waals surface area contributed by atoms with Crippen LogP contribution in [0.5, 0.6) is 0 Å². The third-order valence-electron chi connectivity index (χ3n) is 4.25. The minimum Gasteiger partial charge on any atom is -0.393 e. The molecule has 0 aliphatic carbocycles. The highest BCUT2D eigenvalue weighted by Crippen LogP contribution is 2.32. The lowest BCUT2D eigenvalue weighted by Gasteiger charge is -2.11. The number of carbonyl (C=O) groups is 1. The number of nitro benzene ring substituents is 1. The Bertz CT molecular complexity index is 1000. The molecule has 3 rings (SSSR count). The number of nitrogens with zero attached hydrogens (tertiary/aromatic N) is 1. The predicted molar refractivity (Wildman–Crippen MR) is 105 cm³/mol. The fourth-order valence-electron chi connectivity index (χ4n) is 2.84. The maximum absolute atomic E-state index is 12.7. The van der Waals surface area contributed by atoms with E-state index in [-0.39, 0.29) is 16.9 Å². The van der Waals surface area contributed by atoms with Crippen molar-refractivity contribution in [3.8, 4) is 11.1 Å². The molecule has 0 fully saturated rings. The number of anilines is 1. The molecule has 3 aromatic carbocycles. The van der Waals surface area contributed by atoms with Gasteiger partial charge in [0.2, 0.25) is 0 Å². The lowest BCUT2D eigenvalue weighted by Crippen LogP contribution is -2.24. The van der Waals surface area contributed by atoms with Gasteiger partial charge in [-0.3, -0.25) is 14.9 Å². The van der Waals surface area contributed by atoms with E-state index in [2.05, 4.69) is 5.32 Å². The topological polar surface area (TPSA) is 98.3 Å². The third kappa shape index (κ3) is 4.12. The zero-order valence-corrected chi connectivity index (χ0v) is 14.8. The Balaban J connectivity index is 1.98. The summed E-state index contributed by atoms with van der Waals surface area (Å²) in [6.07, 6.45) is 0. The molecule has 0 aliphatic heterocycles. The monoisotopic (exact) mass is 361 g/mol. The standard InChI is InChI=1S/C21H19N3O3/c1-14-6-5-9-16(10-14)17-11-18(20(22)19(12-17)24(26)27)21(25)23-13-15-7-3-2-4-8-15/h2-12H,13,22H2,1H3,(H,23,25). The van der Waals surface area contributed by atoms with Gasteiger partial charge in [0.1, 0.15) is 5.69 Å². The van der Waals surface area contributed by atoms with Crippen molar-refractivity contribution in [2.24, 2.45) is 0 Å². The highest BCUT2D eigenvalue weighted by molar-refractivity contribution is 6.02. The second-order valence-electron chi connectivity index (χ2n) is 6.25. The van der Waals surface area contributed by atoms with E-state index in [1.807, 2.05) is 61.5 Å². The molecule has 3 aromatic rings. The molecule has 0 bridgehead atoms. The molecule has 0 saturated carbocycles. The van der Waals surface area contributed by atoms with Crippen LogP contribution in [-0.4, -0.2) is 10.8 Å². The van der Waals surface area contributed by atoms with Crippen molar-refractivity contribution in [2.45, 2.75) is 13.5 Å². The number of hydrogen-bond donors (Lipinski definition) is 2. The van der Waals surface area contributed by atoms with Gasteiger partial charge < -0.3 is 11.1 Å². The van der Waals surface area contributed by atoms with Gasteiger partial charge in [-0.05, 0) is 29.7 Å². The van der Waals surface area contributed by atoms with Crippen molar-refractivity contribution in [1.29, 1.82) is 0 Å². The second kappa shape index (κ2) is 7.70. The Labute approximate surface area is 156 Å². The summed E-state index contributed by atoms with van der Waals surface area (Å²) in [5.41, 5.74) is 8.91. The van der Waals surface area contributed by atoms with Gasteiger partial charge in [-0.25, -0.2) is 0 Å². The molecule has 1 amide bonds. The summed E-state index contributed by atoms with van der Waals surface area (Å²) in [6, 6.07) is 19.9. The first-order valence-corrected chi connectivity index (χ1v) is 8.43. The van der Waals surface area contributed by atoms with Crippen molar-refractivity contribution in [3.63, 3.8) is 0 Å². The average Bonchev–Trinajstić information content (AvgIpc) is 2.67. The number of nitro groups is 1. The summed E-state index contributed by atoms with van der Waals surface area (Å²) < 4.78 is 0. The highest BCUT2D eigenvalue weighted by Gasteiger charge is 2.22. The molecular formula is C21H19N3O3. The number of carbonyl (C=O) groups excluding carboxylic acids is 1. The average molecular weight is 361 g/mol. The van der Waals surface area contributed by atoms with Crippen LogP contribution in [0.3, 0.4) is 0 Å². The van der Waals surface area contributed by atoms with E-state index in [4.69, 9.17) is 5.73 Å². The number of benzene rings is 3. The lowest BCUT2D eigenvalue weighted by molar-refractivity contribution is -0.383. The summed E-state index contributed by atoms with van der Waals surface area (Å²) in [5, 5.41) is 14.2. The van der Waals surface area contributed by atoms with E-state index in [0.717, 1.165) is 16.7 Å². The van der Waals surface area contributed by atoms with E-state index < -0.39 is 10.8 Å². The molecule has 0 atom stereocenters. The molecule has 27 heavy (non-hydrogen) atoms. The van der Waals surface area contributed by atoms with Gasteiger partial charge in [-0.1, -0.05) is 60.2 Å². The Morgan fingerprint density at radius 1 is 1.04 bits per heavy atom. The number of nitrogens with one attached hydrogen (secondary N) is 1. The normalized spacial score (nSPS) is 10.4. The number of nitrogen functional groups attached to an aromatic ring is 1. The van der Waals surface area contributed by atoms with E-state index in [1.165, 1.54) is 6.07 Å². The molecule has 0 radical (unpaired) electrons. The van der Waals surface area contributed by atoms with Crippen LogP contribution in [0.1, 0.15) is 21.5 Å². The Morgan fingerprint density at radius 2 is 1.78 bits per heavy atom. The van der Waals surface area contributed by atoms with Gasteiger partial charge in [0.05, 0.1) is 10.5 Å². The number of hydrogen-bond acceptors (Lipinski definition) is 4. The number of nitrogens with two attached hydrogens (primary N) is 1. The van der Waals surface area contributed by atoms with Gasteiger partial charge >= 0.3 is 0 Å². The second-order valence-corrected chi connectivity index (χ2v) is 6.25. The molecule has 0 heterocycles. The Morgan fingerprint density at radius 3 is 2.44 bits per heavy atom. The molecule has 136 valence electrons. The van der Waals surface area contributed by atoms with E-state index in [9.17, 15) is 14.9 Å². The summed E-state index contributed by atoms with van der Waals surface area (Å²) >= 11 is 0. The molecule has 0 aromatic heterocycles. The van der Waals surface area contributed by atoms with Crippen LogP contribution < -0.4 is 11.1 Å².